The Labute approximate surface area is 146 Å². The van der Waals surface area contributed by atoms with Crippen molar-refractivity contribution in [2.45, 2.75) is 39.8 Å². The summed E-state index contributed by atoms with van der Waals surface area (Å²) >= 11 is 1.67. The van der Waals surface area contributed by atoms with Gasteiger partial charge in [0.25, 0.3) is 0 Å². The number of nitrogens with zero attached hydrogens (tertiary/aromatic N) is 4. The summed E-state index contributed by atoms with van der Waals surface area (Å²) in [7, 11) is 0. The Bertz CT molecular complexity index is 667. The highest BCUT2D eigenvalue weighted by molar-refractivity contribution is 7.09. The van der Waals surface area contributed by atoms with Crippen LogP contribution in [-0.4, -0.2) is 45.2 Å². The molecule has 1 saturated heterocycles. The molecule has 1 aliphatic heterocycles. The van der Waals surface area contributed by atoms with E-state index in [1.54, 1.807) is 11.3 Å². The van der Waals surface area contributed by atoms with E-state index >= 15 is 0 Å². The van der Waals surface area contributed by atoms with Crippen LogP contribution in [0.25, 0.3) is 0 Å². The van der Waals surface area contributed by atoms with Gasteiger partial charge < -0.3 is 5.32 Å². The van der Waals surface area contributed by atoms with Crippen LogP contribution in [0.15, 0.2) is 17.5 Å². The molecule has 0 bridgehead atoms. The van der Waals surface area contributed by atoms with E-state index in [-0.39, 0.29) is 5.91 Å². The van der Waals surface area contributed by atoms with Crippen LogP contribution in [-0.2, 0) is 17.9 Å². The van der Waals surface area contributed by atoms with E-state index in [1.807, 2.05) is 36.0 Å². The zero-order chi connectivity index (χ0) is 16.9. The van der Waals surface area contributed by atoms with E-state index in [0.717, 1.165) is 37.7 Å². The molecule has 0 unspecified atom stereocenters. The predicted octanol–water partition coefficient (Wildman–Crippen LogP) is 1.98. The molecule has 1 atom stereocenters. The molecule has 7 heteroatoms. The molecule has 0 saturated carbocycles. The van der Waals surface area contributed by atoms with Crippen molar-refractivity contribution >= 4 is 17.2 Å². The van der Waals surface area contributed by atoms with Gasteiger partial charge in [0.15, 0.2) is 0 Å². The van der Waals surface area contributed by atoms with Crippen molar-refractivity contribution in [3.05, 3.63) is 34.0 Å². The number of piperidine rings is 1. The third kappa shape index (κ3) is 4.64. The number of thiophene rings is 1. The first kappa shape index (κ1) is 17.1. The van der Waals surface area contributed by atoms with Crippen molar-refractivity contribution in [3.63, 3.8) is 0 Å². The average Bonchev–Trinajstić information content (AvgIpc) is 3.16. The fourth-order valence-corrected chi connectivity index (χ4v) is 3.93. The van der Waals surface area contributed by atoms with E-state index in [2.05, 4.69) is 20.3 Å². The van der Waals surface area contributed by atoms with E-state index in [4.69, 9.17) is 0 Å². The molecule has 1 amide bonds. The van der Waals surface area contributed by atoms with Gasteiger partial charge >= 0.3 is 0 Å². The number of carbonyl (C=O) groups excluding carboxylic acids is 1. The zero-order valence-electron chi connectivity index (χ0n) is 14.4. The molecule has 1 fully saturated rings. The molecule has 130 valence electrons. The first-order chi connectivity index (χ1) is 11.6. The lowest BCUT2D eigenvalue weighted by atomic mass is 9.98. The van der Waals surface area contributed by atoms with Crippen LogP contribution in [0.5, 0.6) is 0 Å². The summed E-state index contributed by atoms with van der Waals surface area (Å²) in [4.78, 5) is 20.0. The molecule has 24 heavy (non-hydrogen) atoms. The lowest BCUT2D eigenvalue weighted by molar-refractivity contribution is -0.122. The first-order valence-electron chi connectivity index (χ1n) is 8.49. The van der Waals surface area contributed by atoms with Crippen molar-refractivity contribution in [2.24, 2.45) is 5.92 Å². The van der Waals surface area contributed by atoms with Crippen LogP contribution in [0, 0.1) is 19.8 Å². The molecule has 0 radical (unpaired) electrons. The topological polar surface area (TPSA) is 63.1 Å². The lowest BCUT2D eigenvalue weighted by Crippen LogP contribution is -2.43. The van der Waals surface area contributed by atoms with Gasteiger partial charge in [-0.2, -0.15) is 5.10 Å². The van der Waals surface area contributed by atoms with Crippen molar-refractivity contribution in [1.82, 2.24) is 25.0 Å². The molecule has 3 heterocycles. The highest BCUT2D eigenvalue weighted by atomic mass is 32.1. The molecule has 2 aromatic heterocycles. The van der Waals surface area contributed by atoms with Gasteiger partial charge in [-0.1, -0.05) is 6.07 Å². The van der Waals surface area contributed by atoms with Gasteiger partial charge in [0, 0.05) is 18.0 Å². The minimum Gasteiger partial charge on any atom is -0.350 e. The Morgan fingerprint density at radius 3 is 3.04 bits per heavy atom. The standard InChI is InChI=1S/C17H25N5OS/c1-13-19-14(2)22(20-13)11-15-5-3-7-21(10-15)12-17(23)18-9-16-6-4-8-24-16/h4,6,8,15H,3,5,7,9-12H2,1-2H3,(H,18,23)/t15-/m1/s1. The molecule has 0 spiro atoms. The average molecular weight is 347 g/mol. The Hall–Kier alpha value is -1.73. The summed E-state index contributed by atoms with van der Waals surface area (Å²) in [5.41, 5.74) is 0. The number of rotatable bonds is 6. The lowest BCUT2D eigenvalue weighted by Gasteiger charge is -2.32. The van der Waals surface area contributed by atoms with Gasteiger partial charge in [-0.05, 0) is 50.6 Å². The number of aryl methyl sites for hydroxylation is 2. The molecular formula is C17H25N5OS. The normalized spacial score (nSPS) is 18.7. The first-order valence-corrected chi connectivity index (χ1v) is 9.37. The second-order valence-corrected chi connectivity index (χ2v) is 7.52. The summed E-state index contributed by atoms with van der Waals surface area (Å²) < 4.78 is 2.00. The maximum absolute atomic E-state index is 12.2. The molecule has 0 aromatic carbocycles. The number of likely N-dealkylation sites (tertiary alicyclic amines) is 1. The molecule has 3 rings (SSSR count). The number of nitrogens with one attached hydrogen (secondary N) is 1. The van der Waals surface area contributed by atoms with Crippen LogP contribution < -0.4 is 5.32 Å². The molecule has 0 aliphatic carbocycles. The minimum absolute atomic E-state index is 0.108. The largest absolute Gasteiger partial charge is 0.350 e. The molecule has 6 nitrogen and oxygen atoms in total. The summed E-state index contributed by atoms with van der Waals surface area (Å²) in [5, 5.41) is 9.50. The van der Waals surface area contributed by atoms with Gasteiger partial charge in [0.1, 0.15) is 11.6 Å². The molecule has 1 aliphatic rings. The van der Waals surface area contributed by atoms with Crippen molar-refractivity contribution in [3.8, 4) is 0 Å². The third-order valence-corrected chi connectivity index (χ3v) is 5.28. The zero-order valence-corrected chi connectivity index (χ0v) is 15.2. The fourth-order valence-electron chi connectivity index (χ4n) is 3.28. The number of hydrogen-bond donors (Lipinski definition) is 1. The highest BCUT2D eigenvalue weighted by Crippen LogP contribution is 2.18. The second kappa shape index (κ2) is 7.90. The maximum Gasteiger partial charge on any atom is 0.234 e. The number of hydrogen-bond acceptors (Lipinski definition) is 5. The van der Waals surface area contributed by atoms with E-state index in [0.29, 0.717) is 19.0 Å². The Balaban J connectivity index is 1.46. The minimum atomic E-state index is 0.108. The van der Waals surface area contributed by atoms with E-state index in [1.165, 1.54) is 11.3 Å². The predicted molar refractivity (Wildman–Crippen MR) is 94.8 cm³/mol. The SMILES string of the molecule is Cc1nc(C)n(C[C@@H]2CCCN(CC(=O)NCc3cccs3)C2)n1. The van der Waals surface area contributed by atoms with Gasteiger partial charge in [-0.15, -0.1) is 11.3 Å². The molecular weight excluding hydrogens is 322 g/mol. The third-order valence-electron chi connectivity index (χ3n) is 4.40. The second-order valence-electron chi connectivity index (χ2n) is 6.49. The summed E-state index contributed by atoms with van der Waals surface area (Å²) in [6.45, 7) is 7.87. The van der Waals surface area contributed by atoms with Gasteiger partial charge in [0.05, 0.1) is 13.1 Å². The Morgan fingerprint density at radius 1 is 1.46 bits per heavy atom. The fraction of sp³-hybridized carbons (Fsp3) is 0.588. The molecule has 2 aromatic rings. The summed E-state index contributed by atoms with van der Waals surface area (Å²) in [5.74, 6) is 2.44. The number of carbonyl (C=O) groups is 1. The quantitative estimate of drug-likeness (QED) is 0.868. The van der Waals surface area contributed by atoms with E-state index in [9.17, 15) is 4.79 Å². The van der Waals surface area contributed by atoms with Crippen molar-refractivity contribution in [1.29, 1.82) is 0 Å². The van der Waals surface area contributed by atoms with Crippen LogP contribution in [0.4, 0.5) is 0 Å². The Kier molecular flexibility index (Phi) is 5.63. The molecule has 1 N–H and O–H groups in total. The summed E-state index contributed by atoms with van der Waals surface area (Å²) in [6.07, 6.45) is 2.32. The van der Waals surface area contributed by atoms with Crippen LogP contribution in [0.1, 0.15) is 29.4 Å². The maximum atomic E-state index is 12.2. The van der Waals surface area contributed by atoms with Crippen LogP contribution >= 0.6 is 11.3 Å². The van der Waals surface area contributed by atoms with Gasteiger partial charge in [-0.25, -0.2) is 9.67 Å². The van der Waals surface area contributed by atoms with E-state index < -0.39 is 0 Å². The van der Waals surface area contributed by atoms with Crippen molar-refractivity contribution in [2.75, 3.05) is 19.6 Å². The van der Waals surface area contributed by atoms with Crippen molar-refractivity contribution < 1.29 is 4.79 Å². The number of aromatic nitrogens is 3. The monoisotopic (exact) mass is 347 g/mol. The van der Waals surface area contributed by atoms with Gasteiger partial charge in [0.2, 0.25) is 5.91 Å². The summed E-state index contributed by atoms with van der Waals surface area (Å²) in [6, 6.07) is 4.06. The van der Waals surface area contributed by atoms with Crippen LogP contribution in [0.2, 0.25) is 0 Å². The Morgan fingerprint density at radius 2 is 2.33 bits per heavy atom. The smallest absolute Gasteiger partial charge is 0.234 e. The van der Waals surface area contributed by atoms with Gasteiger partial charge in [-0.3, -0.25) is 9.69 Å². The number of amides is 1. The van der Waals surface area contributed by atoms with Crippen LogP contribution in [0.3, 0.4) is 0 Å². The highest BCUT2D eigenvalue weighted by Gasteiger charge is 2.22.